The van der Waals surface area contributed by atoms with Crippen LogP contribution in [0.15, 0.2) is 110 Å². The molecule has 6 nitrogen and oxygen atoms in total. The SMILES string of the molecule is C=CC(=C)Nc1ccc(C(=O)Nc2cccc(Cc3ncc(Cl)c(-c4c[nH]c5ccccc45)n3)c2)cc1. The van der Waals surface area contributed by atoms with Gasteiger partial charge in [0.25, 0.3) is 5.91 Å². The quantitative estimate of drug-likeness (QED) is 0.194. The lowest BCUT2D eigenvalue weighted by molar-refractivity contribution is 0.102. The lowest BCUT2D eigenvalue weighted by Crippen LogP contribution is -2.12. The van der Waals surface area contributed by atoms with Crippen molar-refractivity contribution in [2.45, 2.75) is 6.42 Å². The van der Waals surface area contributed by atoms with Gasteiger partial charge in [-0.1, -0.05) is 55.1 Å². The lowest BCUT2D eigenvalue weighted by atomic mass is 10.1. The van der Waals surface area contributed by atoms with E-state index in [1.807, 2.05) is 66.9 Å². The number of aromatic amines is 1. The van der Waals surface area contributed by atoms with E-state index < -0.39 is 0 Å². The molecule has 0 bridgehead atoms. The summed E-state index contributed by atoms with van der Waals surface area (Å²) in [5.41, 5.74) is 6.35. The summed E-state index contributed by atoms with van der Waals surface area (Å²) in [6.07, 6.45) is 5.67. The van der Waals surface area contributed by atoms with Crippen molar-refractivity contribution < 1.29 is 4.79 Å². The summed E-state index contributed by atoms with van der Waals surface area (Å²) in [5.74, 6) is 0.438. The molecule has 0 aliphatic rings. The molecule has 37 heavy (non-hydrogen) atoms. The largest absolute Gasteiger partial charge is 0.360 e. The van der Waals surface area contributed by atoms with Gasteiger partial charge in [0.15, 0.2) is 0 Å². The summed E-state index contributed by atoms with van der Waals surface area (Å²) in [5, 5.41) is 7.60. The van der Waals surface area contributed by atoms with Crippen molar-refractivity contribution in [1.29, 1.82) is 0 Å². The zero-order chi connectivity index (χ0) is 25.8. The topological polar surface area (TPSA) is 82.7 Å². The Morgan fingerprint density at radius 1 is 1.00 bits per heavy atom. The number of allylic oxidation sites excluding steroid dienone is 1. The summed E-state index contributed by atoms with van der Waals surface area (Å²) < 4.78 is 0. The molecule has 5 rings (SSSR count). The normalized spacial score (nSPS) is 10.7. The lowest BCUT2D eigenvalue weighted by Gasteiger charge is -2.10. The van der Waals surface area contributed by atoms with Crippen LogP contribution >= 0.6 is 11.6 Å². The average Bonchev–Trinajstić information content (AvgIpc) is 3.34. The minimum absolute atomic E-state index is 0.199. The van der Waals surface area contributed by atoms with Crippen LogP contribution in [0.1, 0.15) is 21.7 Å². The van der Waals surface area contributed by atoms with Crippen molar-refractivity contribution in [2.24, 2.45) is 0 Å². The first-order valence-corrected chi connectivity index (χ1v) is 12.0. The Morgan fingerprint density at radius 2 is 1.81 bits per heavy atom. The van der Waals surface area contributed by atoms with Crippen molar-refractivity contribution in [1.82, 2.24) is 15.0 Å². The minimum atomic E-state index is -0.199. The highest BCUT2D eigenvalue weighted by Crippen LogP contribution is 2.32. The van der Waals surface area contributed by atoms with E-state index in [1.165, 1.54) is 0 Å². The molecule has 3 aromatic carbocycles. The van der Waals surface area contributed by atoms with Gasteiger partial charge in [0, 0.05) is 57.9 Å². The Morgan fingerprint density at radius 3 is 2.62 bits per heavy atom. The Balaban J connectivity index is 1.31. The zero-order valence-corrected chi connectivity index (χ0v) is 20.7. The number of benzene rings is 3. The molecule has 182 valence electrons. The smallest absolute Gasteiger partial charge is 0.255 e. The van der Waals surface area contributed by atoms with Gasteiger partial charge in [-0.05, 0) is 54.1 Å². The Hall–Kier alpha value is -4.68. The maximum atomic E-state index is 12.8. The number of nitrogens with one attached hydrogen (secondary N) is 3. The van der Waals surface area contributed by atoms with Gasteiger partial charge in [-0.15, -0.1) is 0 Å². The first kappa shape index (κ1) is 24.0. The number of para-hydroxylation sites is 1. The highest BCUT2D eigenvalue weighted by atomic mass is 35.5. The average molecular weight is 506 g/mol. The molecule has 0 aliphatic heterocycles. The van der Waals surface area contributed by atoms with Gasteiger partial charge < -0.3 is 15.6 Å². The second kappa shape index (κ2) is 10.5. The Kier molecular flexibility index (Phi) is 6.83. The van der Waals surface area contributed by atoms with Crippen LogP contribution in [0.3, 0.4) is 0 Å². The van der Waals surface area contributed by atoms with E-state index >= 15 is 0 Å². The van der Waals surface area contributed by atoms with E-state index in [0.717, 1.165) is 27.7 Å². The molecule has 1 amide bonds. The number of fused-ring (bicyclic) bond motifs is 1. The van der Waals surface area contributed by atoms with Crippen LogP contribution < -0.4 is 10.6 Å². The van der Waals surface area contributed by atoms with Crippen molar-refractivity contribution in [3.05, 3.63) is 132 Å². The third-order valence-electron chi connectivity index (χ3n) is 5.88. The predicted octanol–water partition coefficient (Wildman–Crippen LogP) is 7.23. The number of aromatic nitrogens is 3. The predicted molar refractivity (Wildman–Crippen MR) is 151 cm³/mol. The first-order valence-electron chi connectivity index (χ1n) is 11.7. The fraction of sp³-hybridized carbons (Fsp3) is 0.0333. The summed E-state index contributed by atoms with van der Waals surface area (Å²) in [4.78, 5) is 25.3. The third-order valence-corrected chi connectivity index (χ3v) is 6.16. The summed E-state index contributed by atoms with van der Waals surface area (Å²) >= 11 is 6.47. The van der Waals surface area contributed by atoms with Gasteiger partial charge in [-0.25, -0.2) is 9.97 Å². The molecular formula is C30H24ClN5O. The molecule has 0 atom stereocenters. The van der Waals surface area contributed by atoms with E-state index in [2.05, 4.69) is 33.8 Å². The summed E-state index contributed by atoms with van der Waals surface area (Å²) in [6.45, 7) is 7.50. The number of halogens is 1. The number of carbonyl (C=O) groups is 1. The number of hydrogen-bond acceptors (Lipinski definition) is 4. The van der Waals surface area contributed by atoms with Gasteiger partial charge in [0.2, 0.25) is 0 Å². The van der Waals surface area contributed by atoms with Crippen molar-refractivity contribution in [3.63, 3.8) is 0 Å². The second-order valence-corrected chi connectivity index (χ2v) is 8.90. The van der Waals surface area contributed by atoms with Gasteiger partial charge in [-0.2, -0.15) is 0 Å². The van der Waals surface area contributed by atoms with Gasteiger partial charge in [-0.3, -0.25) is 4.79 Å². The number of H-pyrrole nitrogens is 1. The fourth-order valence-corrected chi connectivity index (χ4v) is 4.22. The Labute approximate surface area is 219 Å². The number of carbonyl (C=O) groups excluding carboxylic acids is 1. The maximum absolute atomic E-state index is 12.8. The number of amides is 1. The molecule has 3 N–H and O–H groups in total. The number of rotatable bonds is 8. The first-order chi connectivity index (χ1) is 18.0. The van der Waals surface area contributed by atoms with Crippen LogP contribution in [0.4, 0.5) is 11.4 Å². The monoisotopic (exact) mass is 505 g/mol. The number of hydrogen-bond donors (Lipinski definition) is 3. The molecule has 0 spiro atoms. The van der Waals surface area contributed by atoms with Gasteiger partial charge in [0.1, 0.15) is 5.82 Å². The van der Waals surface area contributed by atoms with Crippen LogP contribution in [0.25, 0.3) is 22.2 Å². The standard InChI is InChI=1S/C30H24ClN5O/c1-3-19(2)34-22-13-11-21(12-14-22)30(37)35-23-8-6-7-20(15-23)16-28-33-18-26(31)29(36-28)25-17-32-27-10-5-4-9-24(25)27/h3-15,17-18,32,34H,1-2,16H2,(H,35,37). The molecule has 0 fully saturated rings. The van der Waals surface area contributed by atoms with E-state index in [4.69, 9.17) is 16.6 Å². The molecule has 5 aromatic rings. The zero-order valence-electron chi connectivity index (χ0n) is 20.0. The molecule has 0 aliphatic carbocycles. The highest BCUT2D eigenvalue weighted by Gasteiger charge is 2.13. The van der Waals surface area contributed by atoms with Crippen molar-refractivity contribution in [2.75, 3.05) is 10.6 Å². The van der Waals surface area contributed by atoms with Gasteiger partial charge in [0.05, 0.1) is 10.7 Å². The minimum Gasteiger partial charge on any atom is -0.360 e. The van der Waals surface area contributed by atoms with E-state index in [9.17, 15) is 4.79 Å². The Bertz CT molecular complexity index is 1620. The summed E-state index contributed by atoms with van der Waals surface area (Å²) in [6, 6.07) is 22.8. The van der Waals surface area contributed by atoms with Crippen LogP contribution in [-0.4, -0.2) is 20.9 Å². The van der Waals surface area contributed by atoms with Crippen molar-refractivity contribution in [3.8, 4) is 11.3 Å². The molecular weight excluding hydrogens is 482 g/mol. The van der Waals surface area contributed by atoms with Crippen LogP contribution in [-0.2, 0) is 6.42 Å². The molecule has 0 saturated carbocycles. The molecule has 0 saturated heterocycles. The second-order valence-electron chi connectivity index (χ2n) is 8.49. The van der Waals surface area contributed by atoms with Gasteiger partial charge >= 0.3 is 0 Å². The third kappa shape index (κ3) is 5.44. The number of anilines is 2. The maximum Gasteiger partial charge on any atom is 0.255 e. The van der Waals surface area contributed by atoms with E-state index in [0.29, 0.717) is 39.9 Å². The molecule has 7 heteroatoms. The fourth-order valence-electron chi connectivity index (χ4n) is 4.03. The molecule has 0 unspecified atom stereocenters. The van der Waals surface area contributed by atoms with Crippen LogP contribution in [0.2, 0.25) is 5.02 Å². The van der Waals surface area contributed by atoms with E-state index in [-0.39, 0.29) is 5.91 Å². The van der Waals surface area contributed by atoms with Crippen LogP contribution in [0.5, 0.6) is 0 Å². The number of nitrogens with zero attached hydrogens (tertiary/aromatic N) is 2. The van der Waals surface area contributed by atoms with E-state index in [1.54, 1.807) is 24.4 Å². The highest BCUT2D eigenvalue weighted by molar-refractivity contribution is 6.33. The molecule has 2 aromatic heterocycles. The molecule has 0 radical (unpaired) electrons. The molecule has 2 heterocycles. The van der Waals surface area contributed by atoms with Crippen molar-refractivity contribution >= 4 is 39.8 Å². The summed E-state index contributed by atoms with van der Waals surface area (Å²) in [7, 11) is 0. The van der Waals surface area contributed by atoms with Crippen LogP contribution in [0, 0.1) is 0 Å².